The molecule has 0 aliphatic heterocycles. The zero-order valence-electron chi connectivity index (χ0n) is 10.2. The predicted molar refractivity (Wildman–Crippen MR) is 70.7 cm³/mol. The van der Waals surface area contributed by atoms with Gasteiger partial charge in [0.2, 0.25) is 11.7 Å². The van der Waals surface area contributed by atoms with Gasteiger partial charge in [0.25, 0.3) is 0 Å². The highest BCUT2D eigenvalue weighted by Crippen LogP contribution is 2.25. The van der Waals surface area contributed by atoms with Crippen LogP contribution in [-0.4, -0.2) is 10.1 Å². The third kappa shape index (κ3) is 3.38. The van der Waals surface area contributed by atoms with Crippen LogP contribution in [0.1, 0.15) is 31.6 Å². The van der Waals surface area contributed by atoms with Gasteiger partial charge in [0.05, 0.1) is 6.07 Å². The molecule has 1 atom stereocenters. The molecule has 2 aromatic rings. The first kappa shape index (κ1) is 13.7. The maximum absolute atomic E-state index is 13.3. The molecule has 1 heterocycles. The zero-order chi connectivity index (χ0) is 13.8. The van der Waals surface area contributed by atoms with Gasteiger partial charge in [-0.3, -0.25) is 0 Å². The second-order valence-corrected chi connectivity index (χ2v) is 5.13. The molecule has 1 aromatic heterocycles. The van der Waals surface area contributed by atoms with E-state index in [0.717, 1.165) is 0 Å². The number of rotatable bonds is 4. The molecule has 2 rings (SSSR count). The van der Waals surface area contributed by atoms with Crippen LogP contribution in [-0.2, 0) is 0 Å². The van der Waals surface area contributed by atoms with E-state index in [9.17, 15) is 4.39 Å². The fourth-order valence-corrected chi connectivity index (χ4v) is 2.11. The Labute approximate surface area is 118 Å². The lowest BCUT2D eigenvalue weighted by molar-refractivity contribution is 0.355. The molecule has 98 valence electrons. The van der Waals surface area contributed by atoms with Crippen molar-refractivity contribution in [1.29, 1.82) is 5.26 Å². The molecular weight excluding hydrogens is 313 g/mol. The maximum atomic E-state index is 13.3. The molecule has 0 N–H and O–H groups in total. The van der Waals surface area contributed by atoms with E-state index in [1.54, 1.807) is 6.07 Å². The van der Waals surface area contributed by atoms with Crippen LogP contribution < -0.4 is 0 Å². The largest absolute Gasteiger partial charge is 0.339 e. The number of aromatic nitrogens is 2. The van der Waals surface area contributed by atoms with Crippen LogP contribution >= 0.6 is 15.9 Å². The van der Waals surface area contributed by atoms with Crippen LogP contribution in [0.4, 0.5) is 4.39 Å². The van der Waals surface area contributed by atoms with E-state index in [1.807, 2.05) is 6.92 Å². The van der Waals surface area contributed by atoms with Crippen molar-refractivity contribution in [2.75, 3.05) is 0 Å². The Morgan fingerprint density at radius 3 is 2.95 bits per heavy atom. The lowest BCUT2D eigenvalue weighted by Crippen LogP contribution is -1.93. The third-order valence-electron chi connectivity index (χ3n) is 2.67. The Balaban J connectivity index is 2.23. The summed E-state index contributed by atoms with van der Waals surface area (Å²) in [6.07, 6.45) is 1.09. The lowest BCUT2D eigenvalue weighted by Gasteiger charge is -2.01. The minimum Gasteiger partial charge on any atom is -0.339 e. The molecule has 0 aliphatic rings. The van der Waals surface area contributed by atoms with E-state index in [2.05, 4.69) is 32.1 Å². The standard InChI is InChI=1S/C13H11BrFN3O/c1-8(3-2-4-16)13-17-12(18-19-13)9-5-10(14)7-11(15)6-9/h5-8H,2-3H2,1H3. The van der Waals surface area contributed by atoms with Gasteiger partial charge in [0, 0.05) is 22.4 Å². The highest BCUT2D eigenvalue weighted by molar-refractivity contribution is 9.10. The fraction of sp³-hybridized carbons (Fsp3) is 0.308. The minimum atomic E-state index is -0.367. The van der Waals surface area contributed by atoms with Crippen LogP contribution in [0.3, 0.4) is 0 Å². The Bertz CT molecular complexity index is 600. The summed E-state index contributed by atoms with van der Waals surface area (Å²) in [5, 5.41) is 12.4. The summed E-state index contributed by atoms with van der Waals surface area (Å²) in [5.41, 5.74) is 0.550. The SMILES string of the molecule is CC(CCC#N)c1nc(-c2cc(F)cc(Br)c2)no1. The summed E-state index contributed by atoms with van der Waals surface area (Å²) in [5.74, 6) is 0.454. The highest BCUT2D eigenvalue weighted by atomic mass is 79.9. The lowest BCUT2D eigenvalue weighted by atomic mass is 10.1. The van der Waals surface area contributed by atoms with E-state index >= 15 is 0 Å². The molecule has 0 aliphatic carbocycles. The molecule has 6 heteroatoms. The predicted octanol–water partition coefficient (Wildman–Crippen LogP) is 4.05. The average molecular weight is 324 g/mol. The van der Waals surface area contributed by atoms with Gasteiger partial charge in [-0.05, 0) is 24.6 Å². The molecule has 0 bridgehead atoms. The van der Waals surface area contributed by atoms with Crippen molar-refractivity contribution in [3.05, 3.63) is 34.4 Å². The zero-order valence-corrected chi connectivity index (χ0v) is 11.8. The summed E-state index contributed by atoms with van der Waals surface area (Å²) >= 11 is 3.22. The van der Waals surface area contributed by atoms with Crippen molar-refractivity contribution in [2.45, 2.75) is 25.7 Å². The van der Waals surface area contributed by atoms with Crippen LogP contribution in [0, 0.1) is 17.1 Å². The number of hydrogen-bond acceptors (Lipinski definition) is 4. The van der Waals surface area contributed by atoms with Gasteiger partial charge >= 0.3 is 0 Å². The minimum absolute atomic E-state index is 0.0119. The van der Waals surface area contributed by atoms with Crippen LogP contribution in [0.5, 0.6) is 0 Å². The van der Waals surface area contributed by atoms with Crippen LogP contribution in [0.2, 0.25) is 0 Å². The molecule has 4 nitrogen and oxygen atoms in total. The van der Waals surface area contributed by atoms with Gasteiger partial charge in [0.1, 0.15) is 5.82 Å². The van der Waals surface area contributed by atoms with E-state index in [4.69, 9.17) is 9.78 Å². The molecule has 0 amide bonds. The maximum Gasteiger partial charge on any atom is 0.229 e. The normalized spacial score (nSPS) is 12.1. The number of nitriles is 1. The molecule has 0 saturated carbocycles. The van der Waals surface area contributed by atoms with Crippen molar-refractivity contribution in [3.63, 3.8) is 0 Å². The van der Waals surface area contributed by atoms with Gasteiger partial charge < -0.3 is 4.52 Å². The van der Waals surface area contributed by atoms with E-state index < -0.39 is 0 Å². The monoisotopic (exact) mass is 323 g/mol. The Kier molecular flexibility index (Phi) is 4.27. The number of benzene rings is 1. The molecule has 0 radical (unpaired) electrons. The summed E-state index contributed by atoms with van der Waals surface area (Å²) in [6, 6.07) is 6.50. The number of nitrogens with zero attached hydrogens (tertiary/aromatic N) is 3. The molecule has 0 fully saturated rings. The van der Waals surface area contributed by atoms with Crippen molar-refractivity contribution in [1.82, 2.24) is 10.1 Å². The second kappa shape index (κ2) is 5.93. The molecule has 19 heavy (non-hydrogen) atoms. The summed E-state index contributed by atoms with van der Waals surface area (Å²) in [6.45, 7) is 1.91. The highest BCUT2D eigenvalue weighted by Gasteiger charge is 2.15. The van der Waals surface area contributed by atoms with Crippen LogP contribution in [0.15, 0.2) is 27.2 Å². The van der Waals surface area contributed by atoms with Crippen molar-refractivity contribution >= 4 is 15.9 Å². The van der Waals surface area contributed by atoms with E-state index in [0.29, 0.717) is 34.6 Å². The van der Waals surface area contributed by atoms with Gasteiger partial charge in [-0.1, -0.05) is 28.0 Å². The molecule has 0 spiro atoms. The molecule has 0 saturated heterocycles. The van der Waals surface area contributed by atoms with Crippen LogP contribution in [0.25, 0.3) is 11.4 Å². The summed E-state index contributed by atoms with van der Waals surface area (Å²) in [4.78, 5) is 4.24. The first-order valence-electron chi connectivity index (χ1n) is 5.77. The van der Waals surface area contributed by atoms with Gasteiger partial charge in [-0.25, -0.2) is 4.39 Å². The Morgan fingerprint density at radius 1 is 1.47 bits per heavy atom. The fourth-order valence-electron chi connectivity index (χ4n) is 1.64. The van der Waals surface area contributed by atoms with Gasteiger partial charge in [-0.2, -0.15) is 10.2 Å². The summed E-state index contributed by atoms with van der Waals surface area (Å²) in [7, 11) is 0. The van der Waals surface area contributed by atoms with Crippen molar-refractivity contribution in [2.24, 2.45) is 0 Å². The topological polar surface area (TPSA) is 62.7 Å². The van der Waals surface area contributed by atoms with Gasteiger partial charge in [-0.15, -0.1) is 0 Å². The molecular formula is C13H11BrFN3O. The van der Waals surface area contributed by atoms with E-state index in [1.165, 1.54) is 12.1 Å². The Morgan fingerprint density at radius 2 is 2.26 bits per heavy atom. The Hall–Kier alpha value is -1.74. The van der Waals surface area contributed by atoms with Crippen molar-refractivity contribution < 1.29 is 8.91 Å². The quantitative estimate of drug-likeness (QED) is 0.851. The van der Waals surface area contributed by atoms with Crippen molar-refractivity contribution in [3.8, 4) is 17.5 Å². The number of hydrogen-bond donors (Lipinski definition) is 0. The number of halogens is 2. The second-order valence-electron chi connectivity index (χ2n) is 4.21. The van der Waals surface area contributed by atoms with E-state index in [-0.39, 0.29) is 11.7 Å². The average Bonchev–Trinajstić information content (AvgIpc) is 2.84. The molecule has 1 aromatic carbocycles. The van der Waals surface area contributed by atoms with Gasteiger partial charge in [0.15, 0.2) is 0 Å². The third-order valence-corrected chi connectivity index (χ3v) is 3.13. The first-order chi connectivity index (χ1) is 9.10. The first-order valence-corrected chi connectivity index (χ1v) is 6.56. The smallest absolute Gasteiger partial charge is 0.229 e. The molecule has 1 unspecified atom stereocenters. The summed E-state index contributed by atoms with van der Waals surface area (Å²) < 4.78 is 19.1.